The van der Waals surface area contributed by atoms with Crippen LogP contribution in [0, 0.1) is 6.92 Å². The van der Waals surface area contributed by atoms with Crippen LogP contribution >= 0.6 is 0 Å². The summed E-state index contributed by atoms with van der Waals surface area (Å²) in [5, 5.41) is 3.89. The van der Waals surface area contributed by atoms with Gasteiger partial charge in [-0.25, -0.2) is 8.42 Å². The Hall–Kier alpha value is -1.66. The Morgan fingerprint density at radius 3 is 2.48 bits per heavy atom. The van der Waals surface area contributed by atoms with Gasteiger partial charge in [-0.15, -0.1) is 0 Å². The van der Waals surface area contributed by atoms with Crippen molar-refractivity contribution in [3.05, 3.63) is 41.5 Å². The molecule has 0 saturated carbocycles. The first kappa shape index (κ1) is 15.7. The molecule has 114 valence electrons. The molecule has 1 aromatic rings. The third-order valence-corrected chi connectivity index (χ3v) is 5.22. The largest absolute Gasteiger partial charge is 0.399 e. The van der Waals surface area contributed by atoms with Crippen molar-refractivity contribution < 1.29 is 13.3 Å². The number of hydrogen-bond donors (Lipinski definition) is 0. The van der Waals surface area contributed by atoms with E-state index in [9.17, 15) is 8.42 Å². The quantitative estimate of drug-likeness (QED) is 0.802. The fourth-order valence-electron chi connectivity index (χ4n) is 2.21. The van der Waals surface area contributed by atoms with Crippen LogP contribution in [-0.4, -0.2) is 38.6 Å². The second-order valence-corrected chi connectivity index (χ2v) is 6.95. The fraction of sp³-hybridized carbons (Fsp3) is 0.400. The second kappa shape index (κ2) is 6.41. The van der Waals surface area contributed by atoms with E-state index >= 15 is 0 Å². The maximum Gasteiger partial charge on any atom is 0.243 e. The summed E-state index contributed by atoms with van der Waals surface area (Å²) < 4.78 is 26.9. The normalized spacial score (nSPS) is 18.6. The molecule has 6 heteroatoms. The molecule has 0 atom stereocenters. The number of nitrogens with zero attached hydrogens (tertiary/aromatic N) is 2. The lowest BCUT2D eigenvalue weighted by molar-refractivity contribution is 0.212. The molecule has 5 nitrogen and oxygen atoms in total. The summed E-state index contributed by atoms with van der Waals surface area (Å²) in [5.74, 6) is 0. The van der Waals surface area contributed by atoms with Crippen molar-refractivity contribution in [3.63, 3.8) is 0 Å². The Morgan fingerprint density at radius 1 is 1.24 bits per heavy atom. The monoisotopic (exact) mass is 308 g/mol. The van der Waals surface area contributed by atoms with Crippen molar-refractivity contribution in [1.29, 1.82) is 0 Å². The van der Waals surface area contributed by atoms with Crippen molar-refractivity contribution in [1.82, 2.24) is 4.31 Å². The van der Waals surface area contributed by atoms with Crippen molar-refractivity contribution in [2.75, 3.05) is 20.2 Å². The van der Waals surface area contributed by atoms with Gasteiger partial charge in [0.2, 0.25) is 10.0 Å². The molecule has 21 heavy (non-hydrogen) atoms. The highest BCUT2D eigenvalue weighted by Gasteiger charge is 2.28. The van der Waals surface area contributed by atoms with Crippen molar-refractivity contribution >= 4 is 15.7 Å². The molecule has 0 spiro atoms. The van der Waals surface area contributed by atoms with E-state index in [0.29, 0.717) is 17.2 Å². The molecule has 0 unspecified atom stereocenters. The van der Waals surface area contributed by atoms with E-state index in [0.717, 1.165) is 17.6 Å². The van der Waals surface area contributed by atoms with Crippen LogP contribution in [0.25, 0.3) is 0 Å². The highest BCUT2D eigenvalue weighted by molar-refractivity contribution is 7.89. The Balaban J connectivity index is 2.34. The highest BCUT2D eigenvalue weighted by atomic mass is 32.2. The molecular weight excluding hydrogens is 288 g/mol. The lowest BCUT2D eigenvalue weighted by Crippen LogP contribution is -2.39. The van der Waals surface area contributed by atoms with Crippen LogP contribution in [0.2, 0.25) is 0 Å². The summed E-state index contributed by atoms with van der Waals surface area (Å²) in [5.41, 5.74) is 2.67. The molecule has 0 N–H and O–H groups in total. The molecule has 0 radical (unpaired) electrons. The van der Waals surface area contributed by atoms with Gasteiger partial charge in [0, 0.05) is 6.54 Å². The van der Waals surface area contributed by atoms with Crippen LogP contribution < -0.4 is 0 Å². The van der Waals surface area contributed by atoms with E-state index in [1.165, 1.54) is 11.4 Å². The number of aryl methyl sites for hydroxylation is 1. The smallest absolute Gasteiger partial charge is 0.243 e. The number of hydrogen-bond acceptors (Lipinski definition) is 4. The molecule has 0 bridgehead atoms. The van der Waals surface area contributed by atoms with Crippen LogP contribution in [-0.2, 0) is 14.9 Å². The molecular formula is C15H20N2O3S. The second-order valence-electron chi connectivity index (χ2n) is 5.01. The Morgan fingerprint density at radius 2 is 1.90 bits per heavy atom. The highest BCUT2D eigenvalue weighted by Crippen LogP contribution is 2.21. The number of oxime groups is 1. The standard InChI is InChI=1S/C15H20N2O3S/c1-4-13-9-14(16-20-3)11-17(10-13)21(18,19)15-7-5-12(2)6-8-15/h5-9H,4,10-11H2,1-3H3/b16-14+. The molecule has 0 aromatic heterocycles. The van der Waals surface area contributed by atoms with Crippen LogP contribution in [0.15, 0.2) is 46.0 Å². The molecule has 0 fully saturated rings. The first-order valence-corrected chi connectivity index (χ1v) is 8.27. The SMILES string of the molecule is CCC1=C/C(=N\OC)CN(S(=O)(=O)c2ccc(C)cc2)C1. The number of rotatable bonds is 4. The minimum Gasteiger partial charge on any atom is -0.399 e. The zero-order chi connectivity index (χ0) is 15.5. The summed E-state index contributed by atoms with van der Waals surface area (Å²) in [7, 11) is -2.06. The van der Waals surface area contributed by atoms with E-state index in [1.54, 1.807) is 24.3 Å². The Bertz CT molecular complexity index is 661. The predicted octanol–water partition coefficient (Wildman–Crippen LogP) is 2.34. The molecule has 1 aliphatic rings. The Labute approximate surface area is 126 Å². The van der Waals surface area contributed by atoms with Crippen molar-refractivity contribution in [2.24, 2.45) is 5.16 Å². The van der Waals surface area contributed by atoms with E-state index in [-0.39, 0.29) is 6.54 Å². The minimum atomic E-state index is -3.52. The summed E-state index contributed by atoms with van der Waals surface area (Å²) in [4.78, 5) is 5.09. The lowest BCUT2D eigenvalue weighted by atomic mass is 10.1. The van der Waals surface area contributed by atoms with Crippen molar-refractivity contribution in [2.45, 2.75) is 25.2 Å². The molecule has 2 rings (SSSR count). The predicted molar refractivity (Wildman–Crippen MR) is 82.8 cm³/mol. The lowest BCUT2D eigenvalue weighted by Gasteiger charge is -2.27. The summed E-state index contributed by atoms with van der Waals surface area (Å²) in [6, 6.07) is 6.89. The molecule has 0 saturated heterocycles. The molecule has 1 aromatic carbocycles. The molecule has 0 amide bonds. The minimum absolute atomic E-state index is 0.230. The van der Waals surface area contributed by atoms with Gasteiger partial charge in [0.15, 0.2) is 0 Å². The number of benzene rings is 1. The first-order valence-electron chi connectivity index (χ1n) is 6.83. The molecule has 1 aliphatic heterocycles. The van der Waals surface area contributed by atoms with Crippen LogP contribution in [0.5, 0.6) is 0 Å². The van der Waals surface area contributed by atoms with Crippen LogP contribution in [0.1, 0.15) is 18.9 Å². The zero-order valence-corrected chi connectivity index (χ0v) is 13.4. The zero-order valence-electron chi connectivity index (χ0n) is 12.5. The van der Waals surface area contributed by atoms with E-state index in [2.05, 4.69) is 5.16 Å². The van der Waals surface area contributed by atoms with E-state index in [1.807, 2.05) is 19.9 Å². The van der Waals surface area contributed by atoms with Gasteiger partial charge in [0.1, 0.15) is 7.11 Å². The van der Waals surface area contributed by atoms with Gasteiger partial charge >= 0.3 is 0 Å². The summed E-state index contributed by atoms with van der Waals surface area (Å²) >= 11 is 0. The van der Waals surface area contributed by atoms with Gasteiger partial charge in [0.05, 0.1) is 17.2 Å². The third kappa shape index (κ3) is 3.51. The summed E-state index contributed by atoms with van der Waals surface area (Å²) in [6.45, 7) is 4.56. The van der Waals surface area contributed by atoms with Gasteiger partial charge in [-0.3, -0.25) is 0 Å². The fourth-order valence-corrected chi connectivity index (χ4v) is 3.62. The topological polar surface area (TPSA) is 59.0 Å². The maximum atomic E-state index is 12.7. The van der Waals surface area contributed by atoms with Gasteiger partial charge < -0.3 is 4.84 Å². The van der Waals surface area contributed by atoms with Crippen LogP contribution in [0.4, 0.5) is 0 Å². The van der Waals surface area contributed by atoms with Gasteiger partial charge in [-0.1, -0.05) is 35.3 Å². The number of sulfonamides is 1. The third-order valence-electron chi connectivity index (χ3n) is 3.41. The average Bonchev–Trinajstić information content (AvgIpc) is 2.47. The van der Waals surface area contributed by atoms with Gasteiger partial charge in [-0.05, 0) is 31.6 Å². The Kier molecular flexibility index (Phi) is 4.80. The first-order chi connectivity index (χ1) is 9.97. The molecule has 0 aliphatic carbocycles. The van der Waals surface area contributed by atoms with Gasteiger partial charge in [0.25, 0.3) is 0 Å². The van der Waals surface area contributed by atoms with E-state index in [4.69, 9.17) is 4.84 Å². The van der Waals surface area contributed by atoms with Crippen molar-refractivity contribution in [3.8, 4) is 0 Å². The van der Waals surface area contributed by atoms with E-state index < -0.39 is 10.0 Å². The maximum absolute atomic E-state index is 12.7. The summed E-state index contributed by atoms with van der Waals surface area (Å²) in [6.07, 6.45) is 2.69. The van der Waals surface area contributed by atoms with Crippen LogP contribution in [0.3, 0.4) is 0 Å². The average molecular weight is 308 g/mol. The van der Waals surface area contributed by atoms with Gasteiger partial charge in [-0.2, -0.15) is 4.31 Å². The molecule has 1 heterocycles.